The number of carbonyl (C=O) groups excluding carboxylic acids is 1. The van der Waals surface area contributed by atoms with Gasteiger partial charge in [0.05, 0.1) is 11.4 Å². The summed E-state index contributed by atoms with van der Waals surface area (Å²) in [6.45, 7) is 11.4. The molecule has 0 aliphatic rings. The maximum atomic E-state index is 12.2. The molecule has 0 aliphatic carbocycles. The summed E-state index contributed by atoms with van der Waals surface area (Å²) >= 11 is 1.50. The molecule has 1 aromatic heterocycles. The van der Waals surface area contributed by atoms with E-state index < -0.39 is 0 Å². The second kappa shape index (κ2) is 7.68. The number of aromatic nitrogens is 2. The van der Waals surface area contributed by atoms with Crippen molar-refractivity contribution in [3.63, 3.8) is 0 Å². The van der Waals surface area contributed by atoms with Crippen LogP contribution in [0.3, 0.4) is 0 Å². The van der Waals surface area contributed by atoms with Crippen LogP contribution in [-0.2, 0) is 11.3 Å². The predicted octanol–water partition coefficient (Wildman–Crippen LogP) is 4.20. The van der Waals surface area contributed by atoms with Crippen molar-refractivity contribution in [1.29, 1.82) is 0 Å². The standard InChI is InChI=1S/C18H25N3OS/c1-12(2)10-21-15(5)14(4)19-18(21)23-11-17(22)20-16-9-7-6-8-13(16)3/h6-9,12H,10-11H2,1-5H3,(H,20,22). The Morgan fingerprint density at radius 1 is 1.26 bits per heavy atom. The highest BCUT2D eigenvalue weighted by molar-refractivity contribution is 7.99. The lowest BCUT2D eigenvalue weighted by atomic mass is 10.2. The Morgan fingerprint density at radius 2 is 1.96 bits per heavy atom. The van der Waals surface area contributed by atoms with E-state index in [2.05, 4.69) is 35.6 Å². The summed E-state index contributed by atoms with van der Waals surface area (Å²) in [7, 11) is 0. The van der Waals surface area contributed by atoms with E-state index in [0.717, 1.165) is 28.6 Å². The molecule has 1 amide bonds. The molecule has 0 fully saturated rings. The molecular formula is C18H25N3OS. The van der Waals surface area contributed by atoms with Gasteiger partial charge in [0.25, 0.3) is 0 Å². The lowest BCUT2D eigenvalue weighted by molar-refractivity contribution is -0.113. The smallest absolute Gasteiger partial charge is 0.234 e. The number of para-hydroxylation sites is 1. The number of nitrogens with zero attached hydrogens (tertiary/aromatic N) is 2. The Kier molecular flexibility index (Phi) is 5.88. The first-order chi connectivity index (χ1) is 10.9. The molecule has 23 heavy (non-hydrogen) atoms. The van der Waals surface area contributed by atoms with E-state index in [1.54, 1.807) is 0 Å². The highest BCUT2D eigenvalue weighted by Gasteiger charge is 2.14. The van der Waals surface area contributed by atoms with Crippen LogP contribution in [0, 0.1) is 26.7 Å². The van der Waals surface area contributed by atoms with Crippen molar-refractivity contribution in [2.75, 3.05) is 11.1 Å². The molecule has 1 N–H and O–H groups in total. The predicted molar refractivity (Wildman–Crippen MR) is 97.1 cm³/mol. The number of thioether (sulfide) groups is 1. The topological polar surface area (TPSA) is 46.9 Å². The molecule has 0 unspecified atom stereocenters. The summed E-state index contributed by atoms with van der Waals surface area (Å²) < 4.78 is 2.21. The number of aryl methyl sites for hydroxylation is 2. The highest BCUT2D eigenvalue weighted by atomic mass is 32.2. The molecule has 5 heteroatoms. The Labute approximate surface area is 142 Å². The molecule has 0 saturated carbocycles. The quantitative estimate of drug-likeness (QED) is 0.807. The number of benzene rings is 1. The summed E-state index contributed by atoms with van der Waals surface area (Å²) in [5.41, 5.74) is 4.16. The Morgan fingerprint density at radius 3 is 2.61 bits per heavy atom. The number of hydrogen-bond donors (Lipinski definition) is 1. The Hall–Kier alpha value is -1.75. The van der Waals surface area contributed by atoms with E-state index >= 15 is 0 Å². The van der Waals surface area contributed by atoms with Gasteiger partial charge in [0.2, 0.25) is 5.91 Å². The van der Waals surface area contributed by atoms with Gasteiger partial charge in [0, 0.05) is 17.9 Å². The van der Waals surface area contributed by atoms with Gasteiger partial charge in [-0.2, -0.15) is 0 Å². The third kappa shape index (κ3) is 4.61. The van der Waals surface area contributed by atoms with Crippen LogP contribution in [0.15, 0.2) is 29.4 Å². The summed E-state index contributed by atoms with van der Waals surface area (Å²) in [6.07, 6.45) is 0. The molecule has 1 heterocycles. The van der Waals surface area contributed by atoms with Crippen LogP contribution < -0.4 is 5.32 Å². The van der Waals surface area contributed by atoms with Crippen molar-refractivity contribution in [3.8, 4) is 0 Å². The van der Waals surface area contributed by atoms with Gasteiger partial charge in [0.15, 0.2) is 5.16 Å². The summed E-state index contributed by atoms with van der Waals surface area (Å²) in [4.78, 5) is 16.8. The number of anilines is 1. The van der Waals surface area contributed by atoms with Crippen molar-refractivity contribution in [3.05, 3.63) is 41.2 Å². The fourth-order valence-corrected chi connectivity index (χ4v) is 3.24. The molecule has 0 saturated heterocycles. The number of carbonyl (C=O) groups is 1. The van der Waals surface area contributed by atoms with Crippen LogP contribution in [0.5, 0.6) is 0 Å². The molecule has 2 aromatic rings. The lowest BCUT2D eigenvalue weighted by Gasteiger charge is -2.12. The second-order valence-electron chi connectivity index (χ2n) is 6.22. The Balaban J connectivity index is 2.02. The zero-order valence-corrected chi connectivity index (χ0v) is 15.3. The van der Waals surface area contributed by atoms with Crippen LogP contribution in [0.2, 0.25) is 0 Å². The third-order valence-corrected chi connectivity index (χ3v) is 4.70. The Bertz CT molecular complexity index is 692. The number of nitrogens with one attached hydrogen (secondary N) is 1. The van der Waals surface area contributed by atoms with Gasteiger partial charge in [-0.25, -0.2) is 4.98 Å². The van der Waals surface area contributed by atoms with Gasteiger partial charge in [0.1, 0.15) is 0 Å². The highest BCUT2D eigenvalue weighted by Crippen LogP contribution is 2.23. The largest absolute Gasteiger partial charge is 0.325 e. The minimum Gasteiger partial charge on any atom is -0.325 e. The van der Waals surface area contributed by atoms with Gasteiger partial charge >= 0.3 is 0 Å². The van der Waals surface area contributed by atoms with Gasteiger partial charge in [-0.05, 0) is 38.3 Å². The minimum atomic E-state index is -0.00120. The van der Waals surface area contributed by atoms with E-state index in [9.17, 15) is 4.79 Å². The van der Waals surface area contributed by atoms with Crippen molar-refractivity contribution >= 4 is 23.4 Å². The molecule has 0 radical (unpaired) electrons. The summed E-state index contributed by atoms with van der Waals surface area (Å²) in [6, 6.07) is 7.81. The maximum Gasteiger partial charge on any atom is 0.234 e. The van der Waals surface area contributed by atoms with E-state index in [-0.39, 0.29) is 5.91 Å². The first-order valence-electron chi connectivity index (χ1n) is 7.90. The fourth-order valence-electron chi connectivity index (χ4n) is 2.34. The first-order valence-corrected chi connectivity index (χ1v) is 8.89. The van der Waals surface area contributed by atoms with Crippen LogP contribution in [0.4, 0.5) is 5.69 Å². The van der Waals surface area contributed by atoms with Crippen LogP contribution in [-0.4, -0.2) is 21.2 Å². The van der Waals surface area contributed by atoms with E-state index in [0.29, 0.717) is 11.7 Å². The summed E-state index contributed by atoms with van der Waals surface area (Å²) in [5, 5.41) is 3.89. The molecule has 1 aromatic carbocycles. The van der Waals surface area contributed by atoms with E-state index in [1.165, 1.54) is 17.5 Å². The molecule has 4 nitrogen and oxygen atoms in total. The SMILES string of the molecule is Cc1ccccc1NC(=O)CSc1nc(C)c(C)n1CC(C)C. The van der Waals surface area contributed by atoms with Crippen molar-refractivity contribution in [2.45, 2.75) is 46.3 Å². The maximum absolute atomic E-state index is 12.2. The van der Waals surface area contributed by atoms with Crippen LogP contribution >= 0.6 is 11.8 Å². The minimum absolute atomic E-state index is 0.00120. The number of amides is 1. The van der Waals surface area contributed by atoms with E-state index in [1.807, 2.05) is 38.1 Å². The van der Waals surface area contributed by atoms with Crippen LogP contribution in [0.1, 0.15) is 30.8 Å². The fraction of sp³-hybridized carbons (Fsp3) is 0.444. The average Bonchev–Trinajstić information content (AvgIpc) is 2.75. The van der Waals surface area contributed by atoms with Crippen LogP contribution in [0.25, 0.3) is 0 Å². The van der Waals surface area contributed by atoms with Gasteiger partial charge in [-0.15, -0.1) is 0 Å². The zero-order chi connectivity index (χ0) is 17.0. The van der Waals surface area contributed by atoms with Gasteiger partial charge in [-0.1, -0.05) is 43.8 Å². The number of imidazole rings is 1. The monoisotopic (exact) mass is 331 g/mol. The first kappa shape index (κ1) is 17.6. The molecule has 2 rings (SSSR count). The zero-order valence-electron chi connectivity index (χ0n) is 14.5. The summed E-state index contributed by atoms with van der Waals surface area (Å²) in [5.74, 6) is 0.906. The van der Waals surface area contributed by atoms with E-state index in [4.69, 9.17) is 0 Å². The molecule has 0 spiro atoms. The molecule has 0 aliphatic heterocycles. The molecule has 124 valence electrons. The van der Waals surface area contributed by atoms with Crippen molar-refractivity contribution in [2.24, 2.45) is 5.92 Å². The second-order valence-corrected chi connectivity index (χ2v) is 7.16. The molecule has 0 atom stereocenters. The number of rotatable bonds is 6. The average molecular weight is 331 g/mol. The normalized spacial score (nSPS) is 11.0. The molecular weight excluding hydrogens is 306 g/mol. The third-order valence-electron chi connectivity index (χ3n) is 3.72. The van der Waals surface area contributed by atoms with Crippen molar-refractivity contribution < 1.29 is 4.79 Å². The lowest BCUT2D eigenvalue weighted by Crippen LogP contribution is -2.15. The number of hydrogen-bond acceptors (Lipinski definition) is 3. The van der Waals surface area contributed by atoms with Gasteiger partial charge in [-0.3, -0.25) is 4.79 Å². The van der Waals surface area contributed by atoms with Gasteiger partial charge < -0.3 is 9.88 Å². The molecule has 0 bridgehead atoms. The van der Waals surface area contributed by atoms with Crippen molar-refractivity contribution in [1.82, 2.24) is 9.55 Å².